The van der Waals surface area contributed by atoms with Gasteiger partial charge in [-0.25, -0.2) is 0 Å². The van der Waals surface area contributed by atoms with Crippen molar-refractivity contribution in [2.24, 2.45) is 0 Å². The summed E-state index contributed by atoms with van der Waals surface area (Å²) >= 11 is 0. The summed E-state index contributed by atoms with van der Waals surface area (Å²) < 4.78 is 1.46. The highest BCUT2D eigenvalue weighted by molar-refractivity contribution is 5.75. The maximum atomic E-state index is 5.51. The van der Waals surface area contributed by atoms with Crippen LogP contribution in [0.3, 0.4) is 0 Å². The summed E-state index contributed by atoms with van der Waals surface area (Å²) in [7, 11) is 0. The molecule has 0 atom stereocenters. The van der Waals surface area contributed by atoms with Gasteiger partial charge in [0.1, 0.15) is 5.52 Å². The molecule has 4 N–H and O–H groups in total. The van der Waals surface area contributed by atoms with Crippen LogP contribution < -0.4 is 11.5 Å². The Morgan fingerprint density at radius 1 is 0.941 bits per heavy atom. The Hall–Kier alpha value is -2.77. The van der Waals surface area contributed by atoms with Crippen molar-refractivity contribution in [1.29, 1.82) is 0 Å². The van der Waals surface area contributed by atoms with Gasteiger partial charge in [0.05, 0.1) is 5.52 Å². The molecular weight excluding hydrogens is 220 g/mol. The van der Waals surface area contributed by atoms with E-state index < -0.39 is 0 Å². The Bertz CT molecular complexity index is 668. The molecule has 0 spiro atoms. The van der Waals surface area contributed by atoms with Crippen molar-refractivity contribution in [2.45, 2.75) is 0 Å². The van der Waals surface area contributed by atoms with Crippen molar-refractivity contribution in [3.05, 3.63) is 24.3 Å². The average Bonchev–Trinajstić information content (AvgIpc) is 2.71. The number of hydrogen-bond donors (Lipinski definition) is 2. The summed E-state index contributed by atoms with van der Waals surface area (Å²) in [5, 5.41) is 7.94. The topological polar surface area (TPSA) is 121 Å². The lowest BCUT2D eigenvalue weighted by Gasteiger charge is -2.01. The Kier molecular flexibility index (Phi) is 1.87. The largest absolute Gasteiger partial charge is 0.368 e. The van der Waals surface area contributed by atoms with Crippen LogP contribution in [0, 0.1) is 0 Å². The molecule has 0 bridgehead atoms. The zero-order chi connectivity index (χ0) is 11.8. The third-order valence-corrected chi connectivity index (χ3v) is 2.20. The van der Waals surface area contributed by atoms with Gasteiger partial charge < -0.3 is 11.5 Å². The number of rotatable bonds is 1. The van der Waals surface area contributed by atoms with Crippen molar-refractivity contribution in [3.63, 3.8) is 0 Å². The van der Waals surface area contributed by atoms with E-state index in [0.717, 1.165) is 11.0 Å². The molecule has 0 aliphatic rings. The van der Waals surface area contributed by atoms with Gasteiger partial charge in [-0.15, -0.1) is 5.10 Å². The molecule has 0 saturated carbocycles. The van der Waals surface area contributed by atoms with Crippen molar-refractivity contribution in [3.8, 4) is 5.95 Å². The van der Waals surface area contributed by atoms with Crippen molar-refractivity contribution >= 4 is 22.9 Å². The molecule has 0 saturated heterocycles. The highest BCUT2D eigenvalue weighted by Gasteiger charge is 2.09. The molecule has 0 unspecified atom stereocenters. The lowest BCUT2D eigenvalue weighted by atomic mass is 10.3. The Morgan fingerprint density at radius 3 is 2.41 bits per heavy atom. The SMILES string of the molecule is Nc1nc(N)nc(-n2nnc3ccccc32)n1. The van der Waals surface area contributed by atoms with Crippen LogP contribution in [0.4, 0.5) is 11.9 Å². The molecule has 8 heteroatoms. The highest BCUT2D eigenvalue weighted by atomic mass is 15.5. The van der Waals surface area contributed by atoms with Gasteiger partial charge in [-0.3, -0.25) is 0 Å². The first-order chi connectivity index (χ1) is 8.24. The van der Waals surface area contributed by atoms with E-state index in [1.165, 1.54) is 4.68 Å². The molecule has 84 valence electrons. The molecule has 8 nitrogen and oxygen atoms in total. The van der Waals surface area contributed by atoms with E-state index >= 15 is 0 Å². The summed E-state index contributed by atoms with van der Waals surface area (Å²) in [6.45, 7) is 0. The van der Waals surface area contributed by atoms with Gasteiger partial charge in [-0.05, 0) is 12.1 Å². The van der Waals surface area contributed by atoms with E-state index in [1.807, 2.05) is 24.3 Å². The standard InChI is InChI=1S/C9H8N8/c10-7-12-8(11)14-9(13-7)17-6-4-2-1-3-5(6)15-16-17/h1-4H,(H4,10,11,12,13,14). The van der Waals surface area contributed by atoms with E-state index in [4.69, 9.17) is 11.5 Å². The van der Waals surface area contributed by atoms with Gasteiger partial charge in [-0.1, -0.05) is 17.3 Å². The Labute approximate surface area is 95.3 Å². The second-order valence-electron chi connectivity index (χ2n) is 3.34. The third-order valence-electron chi connectivity index (χ3n) is 2.20. The summed E-state index contributed by atoms with van der Waals surface area (Å²) in [6.07, 6.45) is 0. The maximum Gasteiger partial charge on any atom is 0.259 e. The van der Waals surface area contributed by atoms with Crippen LogP contribution in [-0.2, 0) is 0 Å². The maximum absolute atomic E-state index is 5.51. The van der Waals surface area contributed by atoms with Gasteiger partial charge >= 0.3 is 0 Å². The molecule has 17 heavy (non-hydrogen) atoms. The zero-order valence-electron chi connectivity index (χ0n) is 8.65. The van der Waals surface area contributed by atoms with Crippen LogP contribution >= 0.6 is 0 Å². The molecule has 0 aliphatic carbocycles. The number of aromatic nitrogens is 6. The first-order valence-corrected chi connectivity index (χ1v) is 4.82. The summed E-state index contributed by atoms with van der Waals surface area (Å²) in [5.74, 6) is 0.350. The average molecular weight is 228 g/mol. The monoisotopic (exact) mass is 228 g/mol. The first kappa shape index (κ1) is 9.46. The summed E-state index contributed by atoms with van der Waals surface area (Å²) in [6, 6.07) is 7.44. The molecule has 0 aliphatic heterocycles. The highest BCUT2D eigenvalue weighted by Crippen LogP contribution is 2.13. The second-order valence-corrected chi connectivity index (χ2v) is 3.34. The second kappa shape index (κ2) is 3.37. The number of nitrogens with zero attached hydrogens (tertiary/aromatic N) is 6. The number of fused-ring (bicyclic) bond motifs is 1. The van der Waals surface area contributed by atoms with Crippen LogP contribution in [-0.4, -0.2) is 29.9 Å². The quantitative estimate of drug-likeness (QED) is 0.589. The number of anilines is 2. The van der Waals surface area contributed by atoms with E-state index in [2.05, 4.69) is 25.3 Å². The molecule has 0 radical (unpaired) electrons. The number of nitrogens with two attached hydrogens (primary N) is 2. The number of benzene rings is 1. The van der Waals surface area contributed by atoms with Gasteiger partial charge in [-0.2, -0.15) is 19.6 Å². The predicted molar refractivity (Wildman–Crippen MR) is 61.1 cm³/mol. The van der Waals surface area contributed by atoms with Gasteiger partial charge in [0, 0.05) is 0 Å². The minimum Gasteiger partial charge on any atom is -0.368 e. The van der Waals surface area contributed by atoms with Crippen LogP contribution in [0.5, 0.6) is 0 Å². The smallest absolute Gasteiger partial charge is 0.259 e. The summed E-state index contributed by atoms with van der Waals surface area (Å²) in [5.41, 5.74) is 12.5. The van der Waals surface area contributed by atoms with Gasteiger partial charge in [0.2, 0.25) is 11.9 Å². The van der Waals surface area contributed by atoms with E-state index in [0.29, 0.717) is 0 Å². The van der Waals surface area contributed by atoms with Crippen LogP contribution in [0.15, 0.2) is 24.3 Å². The molecule has 0 fully saturated rings. The minimum atomic E-state index is 0.0482. The fourth-order valence-corrected chi connectivity index (χ4v) is 1.51. The molecule has 0 amide bonds. The molecule has 3 aromatic rings. The van der Waals surface area contributed by atoms with Crippen molar-refractivity contribution in [1.82, 2.24) is 29.9 Å². The van der Waals surface area contributed by atoms with E-state index in [1.54, 1.807) is 0 Å². The normalized spacial score (nSPS) is 10.8. The fourth-order valence-electron chi connectivity index (χ4n) is 1.51. The van der Waals surface area contributed by atoms with Crippen LogP contribution in [0.1, 0.15) is 0 Å². The third kappa shape index (κ3) is 1.51. The van der Waals surface area contributed by atoms with Crippen LogP contribution in [0.2, 0.25) is 0 Å². The zero-order valence-corrected chi connectivity index (χ0v) is 8.65. The van der Waals surface area contributed by atoms with E-state index in [9.17, 15) is 0 Å². The van der Waals surface area contributed by atoms with E-state index in [-0.39, 0.29) is 17.8 Å². The number of nitrogen functional groups attached to an aromatic ring is 2. The lowest BCUT2D eigenvalue weighted by Crippen LogP contribution is -2.09. The molecule has 2 heterocycles. The summed E-state index contributed by atoms with van der Waals surface area (Å²) in [4.78, 5) is 11.6. The van der Waals surface area contributed by atoms with Crippen molar-refractivity contribution < 1.29 is 0 Å². The molecule has 2 aromatic heterocycles. The lowest BCUT2D eigenvalue weighted by molar-refractivity contribution is 0.770. The fraction of sp³-hybridized carbons (Fsp3) is 0. The van der Waals surface area contributed by atoms with Crippen molar-refractivity contribution in [2.75, 3.05) is 11.5 Å². The molecule has 1 aromatic carbocycles. The Balaban J connectivity index is 2.27. The molecule has 3 rings (SSSR count). The van der Waals surface area contributed by atoms with Gasteiger partial charge in [0.15, 0.2) is 0 Å². The van der Waals surface area contributed by atoms with Crippen LogP contribution in [0.25, 0.3) is 17.0 Å². The molecular formula is C9H8N8. The number of hydrogen-bond acceptors (Lipinski definition) is 7. The predicted octanol–water partition coefficient (Wildman–Crippen LogP) is -0.230. The van der Waals surface area contributed by atoms with Gasteiger partial charge in [0.25, 0.3) is 5.95 Å². The first-order valence-electron chi connectivity index (χ1n) is 4.82. The minimum absolute atomic E-state index is 0.0482. The number of para-hydroxylation sites is 1. The Morgan fingerprint density at radius 2 is 1.65 bits per heavy atom.